The van der Waals surface area contributed by atoms with Crippen LogP contribution in [-0.2, 0) is 0 Å². The van der Waals surface area contributed by atoms with Gasteiger partial charge in [0.15, 0.2) is 0 Å². The highest BCUT2D eigenvalue weighted by Gasteiger charge is 2.14. The molecule has 0 aromatic heterocycles. The SMILES string of the molecule is O=C(NCC(O)c1cccc2ccccc12)c1cccc2ccccc12. The van der Waals surface area contributed by atoms with Crippen molar-refractivity contribution in [2.24, 2.45) is 0 Å². The Bertz CT molecular complexity index is 1080. The number of nitrogens with one attached hydrogen (secondary N) is 1. The zero-order chi connectivity index (χ0) is 17.9. The summed E-state index contributed by atoms with van der Waals surface area (Å²) >= 11 is 0. The number of aliphatic hydroxyl groups is 1. The molecule has 0 heterocycles. The molecule has 0 aliphatic heterocycles. The van der Waals surface area contributed by atoms with E-state index in [-0.39, 0.29) is 12.5 Å². The smallest absolute Gasteiger partial charge is 0.252 e. The fourth-order valence-corrected chi connectivity index (χ4v) is 3.36. The maximum atomic E-state index is 12.6. The number of carbonyl (C=O) groups is 1. The lowest BCUT2D eigenvalue weighted by Crippen LogP contribution is -2.28. The molecule has 3 nitrogen and oxygen atoms in total. The molecular formula is C23H19NO2. The lowest BCUT2D eigenvalue weighted by atomic mass is 10.00. The average Bonchev–Trinajstić information content (AvgIpc) is 2.71. The van der Waals surface area contributed by atoms with Crippen LogP contribution >= 0.6 is 0 Å². The van der Waals surface area contributed by atoms with Crippen molar-refractivity contribution in [3.05, 3.63) is 96.1 Å². The zero-order valence-corrected chi connectivity index (χ0v) is 14.2. The van der Waals surface area contributed by atoms with Gasteiger partial charge in [0.05, 0.1) is 6.10 Å². The number of rotatable bonds is 4. The highest BCUT2D eigenvalue weighted by atomic mass is 16.3. The third-order valence-electron chi connectivity index (χ3n) is 4.67. The van der Waals surface area contributed by atoms with E-state index < -0.39 is 6.10 Å². The number of aliphatic hydroxyl groups excluding tert-OH is 1. The number of hydrogen-bond acceptors (Lipinski definition) is 2. The molecule has 128 valence electrons. The molecule has 0 saturated heterocycles. The maximum absolute atomic E-state index is 12.6. The zero-order valence-electron chi connectivity index (χ0n) is 14.2. The Balaban J connectivity index is 1.55. The molecule has 4 aromatic carbocycles. The fourth-order valence-electron chi connectivity index (χ4n) is 3.36. The van der Waals surface area contributed by atoms with Crippen LogP contribution in [0, 0.1) is 0 Å². The van der Waals surface area contributed by atoms with Crippen molar-refractivity contribution >= 4 is 27.5 Å². The number of benzene rings is 4. The Hall–Kier alpha value is -3.17. The summed E-state index contributed by atoms with van der Waals surface area (Å²) in [5, 5.41) is 17.5. The van der Waals surface area contributed by atoms with E-state index in [0.29, 0.717) is 5.56 Å². The summed E-state index contributed by atoms with van der Waals surface area (Å²) in [6, 6.07) is 27.2. The molecule has 0 radical (unpaired) electrons. The number of amides is 1. The first kappa shape index (κ1) is 16.3. The van der Waals surface area contributed by atoms with Crippen LogP contribution in [0.4, 0.5) is 0 Å². The molecule has 26 heavy (non-hydrogen) atoms. The second-order valence-electron chi connectivity index (χ2n) is 6.32. The van der Waals surface area contributed by atoms with Crippen LogP contribution < -0.4 is 5.32 Å². The molecule has 0 bridgehead atoms. The summed E-state index contributed by atoms with van der Waals surface area (Å²) in [5.74, 6) is -0.180. The molecule has 4 rings (SSSR count). The van der Waals surface area contributed by atoms with Crippen LogP contribution in [0.15, 0.2) is 84.9 Å². The molecule has 4 aromatic rings. The normalized spacial score (nSPS) is 12.2. The van der Waals surface area contributed by atoms with Gasteiger partial charge >= 0.3 is 0 Å². The molecule has 1 atom stereocenters. The molecule has 2 N–H and O–H groups in total. The first-order chi connectivity index (χ1) is 12.7. The quantitative estimate of drug-likeness (QED) is 0.576. The second-order valence-corrected chi connectivity index (χ2v) is 6.32. The van der Waals surface area contributed by atoms with Crippen molar-refractivity contribution in [3.8, 4) is 0 Å². The molecule has 0 spiro atoms. The molecule has 0 fully saturated rings. The first-order valence-electron chi connectivity index (χ1n) is 8.66. The van der Waals surface area contributed by atoms with Gasteiger partial charge in [0.25, 0.3) is 5.91 Å². The summed E-state index contributed by atoms with van der Waals surface area (Å²) in [6.45, 7) is 0.163. The van der Waals surface area contributed by atoms with Crippen molar-refractivity contribution in [1.82, 2.24) is 5.32 Å². The number of carbonyl (C=O) groups excluding carboxylic acids is 1. The summed E-state index contributed by atoms with van der Waals surface area (Å²) < 4.78 is 0. The highest BCUT2D eigenvalue weighted by Crippen LogP contribution is 2.24. The predicted octanol–water partition coefficient (Wildman–Crippen LogP) is 4.46. The Morgan fingerprint density at radius 3 is 2.12 bits per heavy atom. The minimum Gasteiger partial charge on any atom is -0.387 e. The largest absolute Gasteiger partial charge is 0.387 e. The standard InChI is InChI=1S/C23H19NO2/c25-22(20-13-5-9-16-7-1-3-11-18(16)20)15-24-23(26)21-14-6-10-17-8-2-4-12-19(17)21/h1-14,22,25H,15H2,(H,24,26). The minimum absolute atomic E-state index is 0.163. The van der Waals surface area contributed by atoms with E-state index in [4.69, 9.17) is 0 Å². The van der Waals surface area contributed by atoms with Crippen molar-refractivity contribution in [2.75, 3.05) is 6.54 Å². The van der Waals surface area contributed by atoms with Crippen molar-refractivity contribution in [3.63, 3.8) is 0 Å². The summed E-state index contributed by atoms with van der Waals surface area (Å²) in [5.41, 5.74) is 1.44. The van der Waals surface area contributed by atoms with Crippen LogP contribution in [0.2, 0.25) is 0 Å². The summed E-state index contributed by atoms with van der Waals surface area (Å²) in [6.07, 6.45) is -0.764. The van der Waals surface area contributed by atoms with Crippen molar-refractivity contribution in [2.45, 2.75) is 6.10 Å². The monoisotopic (exact) mass is 341 g/mol. The van der Waals surface area contributed by atoms with E-state index in [9.17, 15) is 9.90 Å². The number of fused-ring (bicyclic) bond motifs is 2. The Labute approximate surface area is 151 Å². The molecule has 0 saturated carbocycles. The minimum atomic E-state index is -0.764. The lowest BCUT2D eigenvalue weighted by Gasteiger charge is -2.15. The molecule has 3 heteroatoms. The number of hydrogen-bond donors (Lipinski definition) is 2. The molecule has 0 aliphatic rings. The second kappa shape index (κ2) is 6.98. The van der Waals surface area contributed by atoms with Gasteiger partial charge in [0.2, 0.25) is 0 Å². The van der Waals surface area contributed by atoms with E-state index in [0.717, 1.165) is 27.1 Å². The van der Waals surface area contributed by atoms with E-state index >= 15 is 0 Å². The van der Waals surface area contributed by atoms with Crippen LogP contribution in [0.5, 0.6) is 0 Å². The van der Waals surface area contributed by atoms with Crippen LogP contribution in [0.25, 0.3) is 21.5 Å². The van der Waals surface area contributed by atoms with E-state index in [1.54, 1.807) is 0 Å². The van der Waals surface area contributed by atoms with Gasteiger partial charge < -0.3 is 10.4 Å². The third-order valence-corrected chi connectivity index (χ3v) is 4.67. The van der Waals surface area contributed by atoms with Gasteiger partial charge in [-0.3, -0.25) is 4.79 Å². The van der Waals surface area contributed by atoms with Crippen LogP contribution in [0.1, 0.15) is 22.0 Å². The van der Waals surface area contributed by atoms with Crippen molar-refractivity contribution < 1.29 is 9.90 Å². The third kappa shape index (κ3) is 3.05. The maximum Gasteiger partial charge on any atom is 0.252 e. The van der Waals surface area contributed by atoms with Gasteiger partial charge in [-0.1, -0.05) is 78.9 Å². The topological polar surface area (TPSA) is 49.3 Å². The molecule has 0 aliphatic carbocycles. The first-order valence-corrected chi connectivity index (χ1v) is 8.66. The van der Waals surface area contributed by atoms with E-state index in [1.165, 1.54) is 0 Å². The van der Waals surface area contributed by atoms with Gasteiger partial charge in [0, 0.05) is 12.1 Å². The lowest BCUT2D eigenvalue weighted by molar-refractivity contribution is 0.0918. The Morgan fingerprint density at radius 2 is 1.35 bits per heavy atom. The molecule has 1 amide bonds. The van der Waals surface area contributed by atoms with Gasteiger partial charge in [-0.15, -0.1) is 0 Å². The Morgan fingerprint density at radius 1 is 0.769 bits per heavy atom. The van der Waals surface area contributed by atoms with Crippen LogP contribution in [0.3, 0.4) is 0 Å². The Kier molecular flexibility index (Phi) is 4.38. The predicted molar refractivity (Wildman–Crippen MR) is 105 cm³/mol. The van der Waals surface area contributed by atoms with E-state index in [2.05, 4.69) is 5.32 Å². The molecule has 1 unspecified atom stereocenters. The van der Waals surface area contributed by atoms with Crippen LogP contribution in [-0.4, -0.2) is 17.6 Å². The molecular weight excluding hydrogens is 322 g/mol. The summed E-state index contributed by atoms with van der Waals surface area (Å²) in [4.78, 5) is 12.6. The highest BCUT2D eigenvalue weighted by molar-refractivity contribution is 6.07. The van der Waals surface area contributed by atoms with Gasteiger partial charge in [-0.05, 0) is 33.2 Å². The van der Waals surface area contributed by atoms with Gasteiger partial charge in [0.1, 0.15) is 0 Å². The van der Waals surface area contributed by atoms with Gasteiger partial charge in [-0.2, -0.15) is 0 Å². The average molecular weight is 341 g/mol. The van der Waals surface area contributed by atoms with Crippen molar-refractivity contribution in [1.29, 1.82) is 0 Å². The van der Waals surface area contributed by atoms with E-state index in [1.807, 2.05) is 84.9 Å². The summed E-state index contributed by atoms with van der Waals surface area (Å²) in [7, 11) is 0. The van der Waals surface area contributed by atoms with Gasteiger partial charge in [-0.25, -0.2) is 0 Å². The fraction of sp³-hybridized carbons (Fsp3) is 0.0870.